The number of aromatic nitrogens is 1. The summed E-state index contributed by atoms with van der Waals surface area (Å²) >= 11 is 0. The molecule has 0 amide bonds. The van der Waals surface area contributed by atoms with E-state index < -0.39 is 10.0 Å². The Bertz CT molecular complexity index is 827. The first-order chi connectivity index (χ1) is 11.9. The van der Waals surface area contributed by atoms with Crippen LogP contribution in [0.2, 0.25) is 0 Å². The quantitative estimate of drug-likeness (QED) is 0.781. The van der Waals surface area contributed by atoms with Crippen LogP contribution in [-0.2, 0) is 10.0 Å². The van der Waals surface area contributed by atoms with E-state index in [-0.39, 0.29) is 17.5 Å². The van der Waals surface area contributed by atoms with Crippen molar-refractivity contribution in [1.82, 2.24) is 9.46 Å². The van der Waals surface area contributed by atoms with Gasteiger partial charge in [-0.3, -0.25) is 0 Å². The number of benzene rings is 1. The summed E-state index contributed by atoms with van der Waals surface area (Å²) in [6, 6.07) is 7.37. The third kappa shape index (κ3) is 3.50. The van der Waals surface area contributed by atoms with Gasteiger partial charge in [-0.05, 0) is 32.4 Å². The molecule has 0 fully saturated rings. The van der Waals surface area contributed by atoms with Crippen molar-refractivity contribution in [3.8, 4) is 11.5 Å². The highest BCUT2D eigenvalue weighted by Crippen LogP contribution is 2.32. The van der Waals surface area contributed by atoms with Gasteiger partial charge in [0.2, 0.25) is 10.0 Å². The molecule has 0 saturated carbocycles. The topological polar surface area (TPSA) is 81.9 Å². The third-order valence-electron chi connectivity index (χ3n) is 4.01. The molecule has 0 N–H and O–H groups in total. The Morgan fingerprint density at radius 3 is 2.60 bits per heavy atom. The van der Waals surface area contributed by atoms with Gasteiger partial charge < -0.3 is 14.0 Å². The molecule has 25 heavy (non-hydrogen) atoms. The van der Waals surface area contributed by atoms with E-state index in [1.165, 1.54) is 4.31 Å². The predicted molar refractivity (Wildman–Crippen MR) is 91.4 cm³/mol. The molecule has 1 aliphatic rings. The average Bonchev–Trinajstić information content (AvgIpc) is 2.93. The lowest BCUT2D eigenvalue weighted by Gasteiger charge is -2.30. The molecule has 7 nitrogen and oxygen atoms in total. The van der Waals surface area contributed by atoms with Crippen molar-refractivity contribution in [1.29, 1.82) is 0 Å². The number of hydrogen-bond acceptors (Lipinski definition) is 6. The van der Waals surface area contributed by atoms with Crippen molar-refractivity contribution < 1.29 is 22.4 Å². The fourth-order valence-electron chi connectivity index (χ4n) is 2.91. The van der Waals surface area contributed by atoms with Gasteiger partial charge in [-0.2, -0.15) is 4.31 Å². The molecule has 0 bridgehead atoms. The molecule has 0 saturated heterocycles. The van der Waals surface area contributed by atoms with E-state index in [4.69, 9.17) is 14.0 Å². The standard InChI is InChI=1S/C17H22N2O5S/c1-4-9-19(25(20,21)17-12(2)18-24-13(17)3)10-14-11-22-15-7-5-6-8-16(15)23-14/h5-8,14H,4,9-11H2,1-3H3. The molecule has 1 aromatic carbocycles. The molecule has 2 aromatic rings. The number of fused-ring (bicyclic) bond motifs is 1. The Kier molecular flexibility index (Phi) is 5.01. The number of aryl methyl sites for hydroxylation is 2. The van der Waals surface area contributed by atoms with E-state index in [1.807, 2.05) is 31.2 Å². The molecular weight excluding hydrogens is 344 g/mol. The highest BCUT2D eigenvalue weighted by molar-refractivity contribution is 7.89. The monoisotopic (exact) mass is 366 g/mol. The second-order valence-electron chi connectivity index (χ2n) is 6.01. The van der Waals surface area contributed by atoms with Crippen LogP contribution >= 0.6 is 0 Å². The molecule has 136 valence electrons. The van der Waals surface area contributed by atoms with Crippen LogP contribution in [0.4, 0.5) is 0 Å². The van der Waals surface area contributed by atoms with Gasteiger partial charge in [0.1, 0.15) is 23.3 Å². The van der Waals surface area contributed by atoms with E-state index in [2.05, 4.69) is 5.16 Å². The summed E-state index contributed by atoms with van der Waals surface area (Å²) in [5, 5.41) is 3.76. The molecule has 8 heteroatoms. The second-order valence-corrected chi connectivity index (χ2v) is 7.89. The smallest absolute Gasteiger partial charge is 0.248 e. The zero-order valence-electron chi connectivity index (χ0n) is 14.6. The zero-order chi connectivity index (χ0) is 18.0. The molecule has 0 aliphatic carbocycles. The molecule has 0 spiro atoms. The first kappa shape index (κ1) is 17.8. The Labute approximate surface area is 147 Å². The number of ether oxygens (including phenoxy) is 2. The van der Waals surface area contributed by atoms with Crippen molar-refractivity contribution in [2.75, 3.05) is 19.7 Å². The molecule has 0 radical (unpaired) electrons. The normalized spacial score (nSPS) is 17.0. The summed E-state index contributed by atoms with van der Waals surface area (Å²) in [4.78, 5) is 0.137. The minimum Gasteiger partial charge on any atom is -0.486 e. The van der Waals surface area contributed by atoms with Gasteiger partial charge in [-0.1, -0.05) is 24.2 Å². The van der Waals surface area contributed by atoms with Crippen LogP contribution in [0.5, 0.6) is 11.5 Å². The maximum absolute atomic E-state index is 13.1. The second kappa shape index (κ2) is 7.05. The van der Waals surface area contributed by atoms with Crippen LogP contribution in [-0.4, -0.2) is 43.7 Å². The SMILES string of the molecule is CCCN(CC1COc2ccccc2O1)S(=O)(=O)c1c(C)noc1C. The van der Waals surface area contributed by atoms with E-state index in [0.717, 1.165) is 0 Å². The Morgan fingerprint density at radius 1 is 1.24 bits per heavy atom. The van der Waals surface area contributed by atoms with Crippen molar-refractivity contribution in [2.45, 2.75) is 38.2 Å². The van der Waals surface area contributed by atoms with Crippen LogP contribution < -0.4 is 9.47 Å². The molecule has 1 atom stereocenters. The summed E-state index contributed by atoms with van der Waals surface area (Å²) in [5.41, 5.74) is 0.366. The van der Waals surface area contributed by atoms with Crippen LogP contribution in [0.25, 0.3) is 0 Å². The van der Waals surface area contributed by atoms with E-state index in [9.17, 15) is 8.42 Å². The lowest BCUT2D eigenvalue weighted by molar-refractivity contribution is 0.0763. The fraction of sp³-hybridized carbons (Fsp3) is 0.471. The Morgan fingerprint density at radius 2 is 1.96 bits per heavy atom. The van der Waals surface area contributed by atoms with E-state index in [1.54, 1.807) is 13.8 Å². The number of hydrogen-bond donors (Lipinski definition) is 0. The van der Waals surface area contributed by atoms with Crippen molar-refractivity contribution in [3.63, 3.8) is 0 Å². The van der Waals surface area contributed by atoms with Crippen LogP contribution in [0, 0.1) is 13.8 Å². The maximum atomic E-state index is 13.1. The Hall–Kier alpha value is -2.06. The van der Waals surface area contributed by atoms with Gasteiger partial charge in [0.05, 0.1) is 6.54 Å². The van der Waals surface area contributed by atoms with Crippen LogP contribution in [0.15, 0.2) is 33.7 Å². The van der Waals surface area contributed by atoms with Gasteiger partial charge in [0.15, 0.2) is 17.3 Å². The zero-order valence-corrected chi connectivity index (χ0v) is 15.4. The summed E-state index contributed by atoms with van der Waals surface area (Å²) in [7, 11) is -3.72. The number of sulfonamides is 1. The minimum atomic E-state index is -3.72. The van der Waals surface area contributed by atoms with Crippen LogP contribution in [0.1, 0.15) is 24.8 Å². The maximum Gasteiger partial charge on any atom is 0.248 e. The van der Waals surface area contributed by atoms with Crippen LogP contribution in [0.3, 0.4) is 0 Å². The highest BCUT2D eigenvalue weighted by Gasteiger charge is 2.33. The lowest BCUT2D eigenvalue weighted by Crippen LogP contribution is -2.44. The number of para-hydroxylation sites is 2. The molecule has 2 heterocycles. The van der Waals surface area contributed by atoms with Gasteiger partial charge in [0, 0.05) is 6.54 Å². The largest absolute Gasteiger partial charge is 0.486 e. The molecular formula is C17H22N2O5S. The number of nitrogens with zero attached hydrogens (tertiary/aromatic N) is 2. The summed E-state index contributed by atoms with van der Waals surface area (Å²) in [6.45, 7) is 6.05. The predicted octanol–water partition coefficient (Wildman–Crippen LogP) is 2.53. The summed E-state index contributed by atoms with van der Waals surface area (Å²) < 4.78 is 44.2. The minimum absolute atomic E-state index is 0.137. The van der Waals surface area contributed by atoms with Crippen molar-refractivity contribution >= 4 is 10.0 Å². The highest BCUT2D eigenvalue weighted by atomic mass is 32.2. The molecule has 1 aliphatic heterocycles. The fourth-order valence-corrected chi connectivity index (χ4v) is 4.77. The average molecular weight is 366 g/mol. The van der Waals surface area contributed by atoms with Crippen molar-refractivity contribution in [2.24, 2.45) is 0 Å². The molecule has 1 aromatic heterocycles. The van der Waals surface area contributed by atoms with Gasteiger partial charge in [-0.25, -0.2) is 8.42 Å². The molecule has 1 unspecified atom stereocenters. The first-order valence-corrected chi connectivity index (χ1v) is 9.69. The summed E-state index contributed by atoms with van der Waals surface area (Å²) in [6.07, 6.45) is 0.309. The Balaban J connectivity index is 1.83. The molecule has 3 rings (SSSR count). The van der Waals surface area contributed by atoms with Gasteiger partial charge in [-0.15, -0.1) is 0 Å². The summed E-state index contributed by atoms with van der Waals surface area (Å²) in [5.74, 6) is 1.60. The first-order valence-electron chi connectivity index (χ1n) is 8.25. The van der Waals surface area contributed by atoms with E-state index in [0.29, 0.717) is 42.5 Å². The number of rotatable bonds is 6. The van der Waals surface area contributed by atoms with Gasteiger partial charge in [0.25, 0.3) is 0 Å². The van der Waals surface area contributed by atoms with Crippen molar-refractivity contribution in [3.05, 3.63) is 35.7 Å². The van der Waals surface area contributed by atoms with Gasteiger partial charge >= 0.3 is 0 Å². The third-order valence-corrected chi connectivity index (χ3v) is 6.12. The van der Waals surface area contributed by atoms with E-state index >= 15 is 0 Å². The lowest BCUT2D eigenvalue weighted by atomic mass is 10.2.